The number of carbonyl (C=O) groups is 1. The highest BCUT2D eigenvalue weighted by Crippen LogP contribution is 2.55. The largest absolute Gasteiger partial charge is 0.390 e. The highest BCUT2D eigenvalue weighted by atomic mass is 16.3. The van der Waals surface area contributed by atoms with E-state index in [1.54, 1.807) is 6.20 Å². The molecule has 8 heteroatoms. The van der Waals surface area contributed by atoms with Crippen molar-refractivity contribution < 1.29 is 9.90 Å². The lowest BCUT2D eigenvalue weighted by molar-refractivity contribution is -0.136. The number of H-pyrrole nitrogens is 1. The van der Waals surface area contributed by atoms with Gasteiger partial charge in [-0.05, 0) is 75.3 Å². The SMILES string of the molecule is Cc1n[nH]c(C)c1-c1cccc(-c2cnc(N)c(C(=O)NC3C4CC5CC3CC(O)(C5)C4)n2)c1. The molecule has 34 heavy (non-hydrogen) atoms. The average molecular weight is 459 g/mol. The van der Waals surface area contributed by atoms with Crippen LogP contribution in [0.5, 0.6) is 0 Å². The van der Waals surface area contributed by atoms with Gasteiger partial charge in [-0.3, -0.25) is 9.89 Å². The molecule has 5 N–H and O–H groups in total. The highest BCUT2D eigenvalue weighted by molar-refractivity contribution is 5.97. The van der Waals surface area contributed by atoms with Crippen LogP contribution in [0.2, 0.25) is 0 Å². The summed E-state index contributed by atoms with van der Waals surface area (Å²) in [6.45, 7) is 3.97. The first kappa shape index (κ1) is 21.3. The average Bonchev–Trinajstić information content (AvgIpc) is 3.13. The zero-order valence-corrected chi connectivity index (χ0v) is 19.5. The molecule has 1 amide bonds. The van der Waals surface area contributed by atoms with Gasteiger partial charge in [-0.15, -0.1) is 0 Å². The van der Waals surface area contributed by atoms with E-state index in [0.717, 1.165) is 60.2 Å². The molecule has 3 aromatic rings. The molecule has 4 fully saturated rings. The molecule has 8 nitrogen and oxygen atoms in total. The first-order valence-corrected chi connectivity index (χ1v) is 12.1. The second kappa shape index (κ2) is 7.63. The summed E-state index contributed by atoms with van der Waals surface area (Å²) >= 11 is 0. The number of nitrogens with one attached hydrogen (secondary N) is 2. The minimum Gasteiger partial charge on any atom is -0.390 e. The number of rotatable bonds is 4. The van der Waals surface area contributed by atoms with Crippen LogP contribution in [0.3, 0.4) is 0 Å². The molecule has 7 rings (SSSR count). The van der Waals surface area contributed by atoms with Crippen molar-refractivity contribution in [1.29, 1.82) is 0 Å². The quantitative estimate of drug-likeness (QED) is 0.474. The van der Waals surface area contributed by atoms with Gasteiger partial charge in [0.1, 0.15) is 0 Å². The molecule has 1 aromatic carbocycles. The zero-order chi connectivity index (χ0) is 23.6. The number of hydrogen-bond acceptors (Lipinski definition) is 6. The van der Waals surface area contributed by atoms with Crippen LogP contribution in [0.1, 0.15) is 54.0 Å². The van der Waals surface area contributed by atoms with E-state index < -0.39 is 5.60 Å². The predicted molar refractivity (Wildman–Crippen MR) is 129 cm³/mol. The fraction of sp³-hybridized carbons (Fsp3) is 0.462. The molecule has 176 valence electrons. The lowest BCUT2D eigenvalue weighted by Crippen LogP contribution is -2.61. The number of aliphatic hydroxyl groups is 1. The Balaban J connectivity index is 1.27. The Morgan fingerprint density at radius 2 is 1.91 bits per heavy atom. The lowest BCUT2D eigenvalue weighted by Gasteiger charge is -2.58. The van der Waals surface area contributed by atoms with E-state index in [2.05, 4.69) is 25.5 Å². The maximum absolute atomic E-state index is 13.3. The molecule has 2 unspecified atom stereocenters. The number of benzene rings is 1. The van der Waals surface area contributed by atoms with Gasteiger partial charge in [-0.1, -0.05) is 18.2 Å². The van der Waals surface area contributed by atoms with E-state index in [1.165, 1.54) is 0 Å². The van der Waals surface area contributed by atoms with E-state index in [1.807, 2.05) is 38.1 Å². The first-order chi connectivity index (χ1) is 16.3. The first-order valence-electron chi connectivity index (χ1n) is 12.1. The lowest BCUT2D eigenvalue weighted by atomic mass is 9.52. The van der Waals surface area contributed by atoms with Crippen molar-refractivity contribution in [3.63, 3.8) is 0 Å². The molecule has 4 bridgehead atoms. The van der Waals surface area contributed by atoms with E-state index in [0.29, 0.717) is 23.4 Å². The topological polar surface area (TPSA) is 130 Å². The van der Waals surface area contributed by atoms with Crippen LogP contribution < -0.4 is 11.1 Å². The molecule has 4 aliphatic carbocycles. The smallest absolute Gasteiger partial charge is 0.273 e. The van der Waals surface area contributed by atoms with E-state index in [-0.39, 0.29) is 23.5 Å². The van der Waals surface area contributed by atoms with Crippen LogP contribution in [0.25, 0.3) is 22.4 Å². The van der Waals surface area contributed by atoms with Crippen molar-refractivity contribution in [2.24, 2.45) is 17.8 Å². The summed E-state index contributed by atoms with van der Waals surface area (Å²) in [5.74, 6) is 1.06. The summed E-state index contributed by atoms with van der Waals surface area (Å²) < 4.78 is 0. The summed E-state index contributed by atoms with van der Waals surface area (Å²) in [4.78, 5) is 22.2. The van der Waals surface area contributed by atoms with Gasteiger partial charge >= 0.3 is 0 Å². The van der Waals surface area contributed by atoms with Crippen LogP contribution >= 0.6 is 0 Å². The fourth-order valence-electron chi connectivity index (χ4n) is 6.95. The standard InChI is InChI=1S/C26H30N6O2/c1-13-21(14(2)32-31-13)17-5-3-4-16(8-17)20-12-28-24(27)23(29-20)25(33)30-22-18-6-15-7-19(22)11-26(34,9-15)10-18/h3-5,8,12,15,18-19,22,34H,6-7,9-11H2,1-2H3,(H2,27,28)(H,30,33)(H,31,32). The van der Waals surface area contributed by atoms with Crippen molar-refractivity contribution in [3.8, 4) is 22.4 Å². The van der Waals surface area contributed by atoms with Crippen LogP contribution in [-0.4, -0.2) is 42.8 Å². The Kier molecular flexibility index (Phi) is 4.78. The number of nitrogens with zero attached hydrogens (tertiary/aromatic N) is 3. The number of hydrogen-bond donors (Lipinski definition) is 4. The number of nitrogens with two attached hydrogens (primary N) is 1. The third-order valence-corrected chi connectivity index (χ3v) is 8.13. The maximum Gasteiger partial charge on any atom is 0.273 e. The molecule has 0 aliphatic heterocycles. The van der Waals surface area contributed by atoms with Gasteiger partial charge < -0.3 is 16.2 Å². The van der Waals surface area contributed by atoms with Crippen molar-refractivity contribution in [1.82, 2.24) is 25.5 Å². The molecular weight excluding hydrogens is 428 g/mol. The van der Waals surface area contributed by atoms with Crippen LogP contribution in [0, 0.1) is 31.6 Å². The van der Waals surface area contributed by atoms with Crippen molar-refractivity contribution >= 4 is 11.7 Å². The number of nitrogen functional groups attached to an aromatic ring is 1. The van der Waals surface area contributed by atoms with Gasteiger partial charge in [0.2, 0.25) is 0 Å². The van der Waals surface area contributed by atoms with Gasteiger partial charge in [0.05, 0.1) is 23.2 Å². The van der Waals surface area contributed by atoms with Gasteiger partial charge in [-0.25, -0.2) is 9.97 Å². The number of amides is 1. The molecule has 0 spiro atoms. The summed E-state index contributed by atoms with van der Waals surface area (Å²) in [5, 5.41) is 21.4. The van der Waals surface area contributed by atoms with E-state index in [9.17, 15) is 9.90 Å². The number of aryl methyl sites for hydroxylation is 2. The van der Waals surface area contributed by atoms with E-state index in [4.69, 9.17) is 5.73 Å². The molecule has 4 saturated carbocycles. The monoisotopic (exact) mass is 458 g/mol. The van der Waals surface area contributed by atoms with Gasteiger partial charge in [-0.2, -0.15) is 5.10 Å². The molecule has 2 heterocycles. The normalized spacial score (nSPS) is 29.4. The number of aromatic nitrogens is 4. The molecular formula is C26H30N6O2. The number of anilines is 1. The maximum atomic E-state index is 13.3. The predicted octanol–water partition coefficient (Wildman–Crippen LogP) is 3.40. The summed E-state index contributed by atoms with van der Waals surface area (Å²) in [7, 11) is 0. The minimum atomic E-state index is -0.535. The molecule has 0 saturated heterocycles. The Morgan fingerprint density at radius 1 is 1.18 bits per heavy atom. The fourth-order valence-corrected chi connectivity index (χ4v) is 6.95. The second-order valence-electron chi connectivity index (χ2n) is 10.6. The molecule has 2 aromatic heterocycles. The van der Waals surface area contributed by atoms with Crippen LogP contribution in [0.15, 0.2) is 30.5 Å². The highest BCUT2D eigenvalue weighted by Gasteiger charge is 2.55. The van der Waals surface area contributed by atoms with Crippen molar-refractivity contribution in [3.05, 3.63) is 47.5 Å². The minimum absolute atomic E-state index is 0.0598. The summed E-state index contributed by atoms with van der Waals surface area (Å²) in [5.41, 5.74) is 11.2. The third-order valence-electron chi connectivity index (χ3n) is 8.13. The summed E-state index contributed by atoms with van der Waals surface area (Å²) in [6.07, 6.45) is 6.21. The third kappa shape index (κ3) is 3.48. The van der Waals surface area contributed by atoms with Crippen molar-refractivity contribution in [2.75, 3.05) is 5.73 Å². The molecule has 4 aliphatic rings. The summed E-state index contributed by atoms with van der Waals surface area (Å²) in [6, 6.07) is 8.05. The van der Waals surface area contributed by atoms with E-state index >= 15 is 0 Å². The zero-order valence-electron chi connectivity index (χ0n) is 19.5. The Hall–Kier alpha value is -3.26. The Labute approximate surface area is 198 Å². The number of aromatic amines is 1. The van der Waals surface area contributed by atoms with Gasteiger partial charge in [0.25, 0.3) is 5.91 Å². The number of carbonyl (C=O) groups excluding carboxylic acids is 1. The second-order valence-corrected chi connectivity index (χ2v) is 10.6. The van der Waals surface area contributed by atoms with Crippen LogP contribution in [-0.2, 0) is 0 Å². The molecule has 2 atom stereocenters. The van der Waals surface area contributed by atoms with Crippen molar-refractivity contribution in [2.45, 2.75) is 57.6 Å². The van der Waals surface area contributed by atoms with Crippen LogP contribution in [0.4, 0.5) is 5.82 Å². The Morgan fingerprint density at radius 3 is 2.59 bits per heavy atom. The van der Waals surface area contributed by atoms with Gasteiger partial charge in [0, 0.05) is 22.9 Å². The Bertz CT molecular complexity index is 1250. The van der Waals surface area contributed by atoms with Gasteiger partial charge in [0.15, 0.2) is 11.5 Å². The molecule has 0 radical (unpaired) electrons.